The highest BCUT2D eigenvalue weighted by molar-refractivity contribution is 6.34. The molecule has 6 heteroatoms. The predicted molar refractivity (Wildman–Crippen MR) is 117 cm³/mol. The SMILES string of the molecule is CCCCCCn1c(C)cc(=O)c(C(=O)Nc2ccccc2Cl)c1-c1ccco1. The standard InChI is InChI=1S/C23H25ClN2O3/c1-3-4-5-8-13-26-16(2)15-19(27)21(22(26)20-12-9-14-29-20)23(28)25-18-11-7-6-10-17(18)24/h6-7,9-12,14-15H,3-5,8,13H2,1-2H3,(H,25,28). The Hall–Kier alpha value is -2.79. The van der Waals surface area contributed by atoms with Crippen molar-refractivity contribution in [2.24, 2.45) is 0 Å². The van der Waals surface area contributed by atoms with E-state index >= 15 is 0 Å². The largest absolute Gasteiger partial charge is 0.463 e. The molecule has 3 rings (SSSR count). The average Bonchev–Trinajstić information content (AvgIpc) is 3.22. The summed E-state index contributed by atoms with van der Waals surface area (Å²) in [5.74, 6) is -0.0117. The molecule has 0 saturated heterocycles. The van der Waals surface area contributed by atoms with Gasteiger partial charge in [-0.05, 0) is 37.6 Å². The van der Waals surface area contributed by atoms with Gasteiger partial charge in [-0.15, -0.1) is 0 Å². The molecule has 5 nitrogen and oxygen atoms in total. The molecular weight excluding hydrogens is 388 g/mol. The van der Waals surface area contributed by atoms with E-state index in [0.717, 1.165) is 31.4 Å². The molecule has 2 aromatic heterocycles. The van der Waals surface area contributed by atoms with Gasteiger partial charge in [0.05, 0.1) is 17.0 Å². The van der Waals surface area contributed by atoms with Crippen molar-refractivity contribution in [1.82, 2.24) is 4.57 Å². The normalized spacial score (nSPS) is 10.9. The average molecular weight is 413 g/mol. The van der Waals surface area contributed by atoms with Crippen LogP contribution in [0.25, 0.3) is 11.5 Å². The summed E-state index contributed by atoms with van der Waals surface area (Å²) in [5, 5.41) is 3.18. The number of hydrogen-bond donors (Lipinski definition) is 1. The van der Waals surface area contributed by atoms with Crippen molar-refractivity contribution >= 4 is 23.2 Å². The number of aromatic nitrogens is 1. The van der Waals surface area contributed by atoms with Crippen LogP contribution in [0.5, 0.6) is 0 Å². The van der Waals surface area contributed by atoms with E-state index in [1.54, 1.807) is 42.7 Å². The van der Waals surface area contributed by atoms with Crippen LogP contribution in [0.1, 0.15) is 48.7 Å². The van der Waals surface area contributed by atoms with E-state index in [2.05, 4.69) is 12.2 Å². The van der Waals surface area contributed by atoms with E-state index < -0.39 is 5.91 Å². The Morgan fingerprint density at radius 2 is 1.93 bits per heavy atom. The molecular formula is C23H25ClN2O3. The number of carbonyl (C=O) groups is 1. The van der Waals surface area contributed by atoms with Crippen LogP contribution in [-0.2, 0) is 6.54 Å². The summed E-state index contributed by atoms with van der Waals surface area (Å²) in [7, 11) is 0. The molecule has 0 unspecified atom stereocenters. The summed E-state index contributed by atoms with van der Waals surface area (Å²) in [6, 6.07) is 12.0. The number of nitrogens with one attached hydrogen (secondary N) is 1. The van der Waals surface area contributed by atoms with Crippen LogP contribution in [0, 0.1) is 6.92 Å². The number of benzene rings is 1. The smallest absolute Gasteiger partial charge is 0.261 e. The molecule has 2 heterocycles. The van der Waals surface area contributed by atoms with Gasteiger partial charge >= 0.3 is 0 Å². The van der Waals surface area contributed by atoms with Crippen LogP contribution in [-0.4, -0.2) is 10.5 Å². The summed E-state index contributed by atoms with van der Waals surface area (Å²) in [4.78, 5) is 26.0. The maximum absolute atomic E-state index is 13.1. The first-order valence-corrected chi connectivity index (χ1v) is 10.2. The Balaban J connectivity index is 2.06. The molecule has 152 valence electrons. The number of pyridine rings is 1. The molecule has 1 amide bonds. The molecule has 0 spiro atoms. The Labute approximate surface area is 175 Å². The molecule has 0 aliphatic heterocycles. The van der Waals surface area contributed by atoms with Gasteiger partial charge < -0.3 is 14.3 Å². The lowest BCUT2D eigenvalue weighted by atomic mass is 10.1. The maximum atomic E-state index is 13.1. The van der Waals surface area contributed by atoms with Crippen molar-refractivity contribution < 1.29 is 9.21 Å². The number of unbranched alkanes of at least 4 members (excludes halogenated alkanes) is 3. The minimum Gasteiger partial charge on any atom is -0.463 e. The zero-order valence-electron chi connectivity index (χ0n) is 16.7. The molecule has 0 atom stereocenters. The second kappa shape index (κ2) is 9.61. The first kappa shape index (κ1) is 20.9. The Bertz CT molecular complexity index is 1040. The predicted octanol–water partition coefficient (Wildman–Crippen LogP) is 5.90. The second-order valence-electron chi connectivity index (χ2n) is 7.00. The van der Waals surface area contributed by atoms with Crippen molar-refractivity contribution in [3.05, 3.63) is 75.2 Å². The summed E-state index contributed by atoms with van der Waals surface area (Å²) in [6.45, 7) is 4.74. The lowest BCUT2D eigenvalue weighted by molar-refractivity contribution is 0.102. The molecule has 29 heavy (non-hydrogen) atoms. The lowest BCUT2D eigenvalue weighted by Crippen LogP contribution is -2.26. The van der Waals surface area contributed by atoms with E-state index in [9.17, 15) is 9.59 Å². The summed E-state index contributed by atoms with van der Waals surface area (Å²) >= 11 is 6.17. The Morgan fingerprint density at radius 1 is 1.14 bits per heavy atom. The third kappa shape index (κ3) is 4.80. The van der Waals surface area contributed by atoms with Gasteiger partial charge in [0, 0.05) is 18.3 Å². The topological polar surface area (TPSA) is 64.2 Å². The molecule has 0 aliphatic rings. The second-order valence-corrected chi connectivity index (χ2v) is 7.40. The number of aryl methyl sites for hydroxylation is 1. The maximum Gasteiger partial charge on any atom is 0.261 e. The number of furan rings is 1. The number of amides is 1. The van der Waals surface area contributed by atoms with Gasteiger partial charge in [0.1, 0.15) is 11.3 Å². The first-order valence-electron chi connectivity index (χ1n) is 9.87. The first-order chi connectivity index (χ1) is 14.0. The van der Waals surface area contributed by atoms with E-state index in [1.807, 2.05) is 11.5 Å². The van der Waals surface area contributed by atoms with Gasteiger partial charge in [0.2, 0.25) is 0 Å². The molecule has 0 saturated carbocycles. The Morgan fingerprint density at radius 3 is 2.62 bits per heavy atom. The van der Waals surface area contributed by atoms with Gasteiger partial charge in [0.15, 0.2) is 11.2 Å². The van der Waals surface area contributed by atoms with Crippen LogP contribution in [0.4, 0.5) is 5.69 Å². The molecule has 0 aliphatic carbocycles. The molecule has 0 fully saturated rings. The number of carbonyl (C=O) groups excluding carboxylic acids is 1. The van der Waals surface area contributed by atoms with E-state index in [1.165, 1.54) is 6.07 Å². The van der Waals surface area contributed by atoms with E-state index in [-0.39, 0.29) is 11.0 Å². The summed E-state index contributed by atoms with van der Waals surface area (Å²) in [5.41, 5.74) is 1.47. The fourth-order valence-corrected chi connectivity index (χ4v) is 3.57. The van der Waals surface area contributed by atoms with Crippen LogP contribution in [0.2, 0.25) is 5.02 Å². The van der Waals surface area contributed by atoms with Crippen LogP contribution in [0.3, 0.4) is 0 Å². The quantitative estimate of drug-likeness (QED) is 0.468. The highest BCUT2D eigenvalue weighted by Crippen LogP contribution is 2.27. The highest BCUT2D eigenvalue weighted by Gasteiger charge is 2.23. The number of hydrogen-bond acceptors (Lipinski definition) is 3. The van der Waals surface area contributed by atoms with Gasteiger partial charge in [0.25, 0.3) is 5.91 Å². The monoisotopic (exact) mass is 412 g/mol. The molecule has 1 N–H and O–H groups in total. The zero-order valence-corrected chi connectivity index (χ0v) is 17.5. The van der Waals surface area contributed by atoms with Gasteiger partial charge in [-0.3, -0.25) is 9.59 Å². The zero-order chi connectivity index (χ0) is 20.8. The fourth-order valence-electron chi connectivity index (χ4n) is 3.39. The van der Waals surface area contributed by atoms with Crippen LogP contribution >= 0.6 is 11.6 Å². The fraction of sp³-hybridized carbons (Fsp3) is 0.304. The number of nitrogens with zero attached hydrogens (tertiary/aromatic N) is 1. The van der Waals surface area contributed by atoms with Crippen molar-refractivity contribution in [3.63, 3.8) is 0 Å². The number of rotatable bonds is 8. The van der Waals surface area contributed by atoms with Crippen molar-refractivity contribution in [2.75, 3.05) is 5.32 Å². The molecule has 0 radical (unpaired) electrons. The summed E-state index contributed by atoms with van der Waals surface area (Å²) in [6.07, 6.45) is 5.87. The number of halogens is 1. The van der Waals surface area contributed by atoms with E-state index in [4.69, 9.17) is 16.0 Å². The third-order valence-electron chi connectivity index (χ3n) is 4.86. The minimum absolute atomic E-state index is 0.0564. The van der Waals surface area contributed by atoms with Gasteiger partial charge in [-0.25, -0.2) is 0 Å². The van der Waals surface area contributed by atoms with Crippen LogP contribution in [0.15, 0.2) is 57.9 Å². The van der Waals surface area contributed by atoms with Crippen molar-refractivity contribution in [3.8, 4) is 11.5 Å². The third-order valence-corrected chi connectivity index (χ3v) is 5.19. The molecule has 0 bridgehead atoms. The van der Waals surface area contributed by atoms with Gasteiger partial charge in [-0.2, -0.15) is 0 Å². The molecule has 3 aromatic rings. The van der Waals surface area contributed by atoms with Crippen molar-refractivity contribution in [1.29, 1.82) is 0 Å². The number of anilines is 1. The molecule has 1 aromatic carbocycles. The minimum atomic E-state index is -0.503. The van der Waals surface area contributed by atoms with Crippen LogP contribution < -0.4 is 10.7 Å². The highest BCUT2D eigenvalue weighted by atomic mass is 35.5. The lowest BCUT2D eigenvalue weighted by Gasteiger charge is -2.19. The Kier molecular flexibility index (Phi) is 6.94. The summed E-state index contributed by atoms with van der Waals surface area (Å²) < 4.78 is 7.59. The van der Waals surface area contributed by atoms with E-state index in [0.29, 0.717) is 28.7 Å². The van der Waals surface area contributed by atoms with Crippen molar-refractivity contribution in [2.45, 2.75) is 46.1 Å². The number of para-hydroxylation sites is 1. The van der Waals surface area contributed by atoms with Gasteiger partial charge in [-0.1, -0.05) is 49.9 Å².